The molecule has 1 atom stereocenters. The van der Waals surface area contributed by atoms with E-state index in [1.807, 2.05) is 30.8 Å². The van der Waals surface area contributed by atoms with Crippen molar-refractivity contribution in [3.8, 4) is 28.3 Å². The maximum atomic E-state index is 14.4. The third kappa shape index (κ3) is 3.90. The molecule has 0 radical (unpaired) electrons. The Morgan fingerprint density at radius 3 is 2.88 bits per heavy atom. The van der Waals surface area contributed by atoms with Gasteiger partial charge in [-0.15, -0.1) is 0 Å². The number of aryl methyl sites for hydroxylation is 2. The minimum Gasteiger partial charge on any atom is -0.482 e. The Labute approximate surface area is 196 Å². The van der Waals surface area contributed by atoms with Crippen molar-refractivity contribution < 1.29 is 13.9 Å². The quantitative estimate of drug-likeness (QED) is 0.458. The van der Waals surface area contributed by atoms with Crippen molar-refractivity contribution in [2.75, 3.05) is 19.2 Å². The van der Waals surface area contributed by atoms with E-state index in [1.54, 1.807) is 31.2 Å². The van der Waals surface area contributed by atoms with Crippen molar-refractivity contribution in [1.29, 1.82) is 0 Å². The summed E-state index contributed by atoms with van der Waals surface area (Å²) >= 11 is 0. The fourth-order valence-corrected chi connectivity index (χ4v) is 4.36. The predicted octanol–water partition coefficient (Wildman–Crippen LogP) is 3.96. The lowest BCUT2D eigenvalue weighted by molar-refractivity contribution is 0.214. The maximum absolute atomic E-state index is 14.4. The zero-order valence-corrected chi connectivity index (χ0v) is 19.5. The highest BCUT2D eigenvalue weighted by Gasteiger charge is 2.25. The van der Waals surface area contributed by atoms with Crippen LogP contribution in [0.2, 0.25) is 0 Å². The molecule has 0 aliphatic carbocycles. The fraction of sp³-hybridized carbons (Fsp3) is 0.333. The van der Waals surface area contributed by atoms with E-state index in [1.165, 1.54) is 12.1 Å². The van der Waals surface area contributed by atoms with Crippen molar-refractivity contribution in [1.82, 2.24) is 29.8 Å². The number of rotatable bonds is 4. The number of anilines is 1. The van der Waals surface area contributed by atoms with Gasteiger partial charge in [0, 0.05) is 55.6 Å². The first-order chi connectivity index (χ1) is 16.5. The van der Waals surface area contributed by atoms with Crippen LogP contribution in [0.15, 0.2) is 36.7 Å². The molecule has 1 aliphatic rings. The van der Waals surface area contributed by atoms with Crippen molar-refractivity contribution >= 4 is 5.82 Å². The van der Waals surface area contributed by atoms with E-state index in [0.717, 1.165) is 28.1 Å². The largest absolute Gasteiger partial charge is 0.482 e. The van der Waals surface area contributed by atoms with Gasteiger partial charge < -0.3 is 14.8 Å². The number of benzene rings is 1. The van der Waals surface area contributed by atoms with Gasteiger partial charge in [-0.3, -0.25) is 4.68 Å². The second kappa shape index (κ2) is 8.86. The van der Waals surface area contributed by atoms with Crippen LogP contribution in [-0.2, 0) is 24.8 Å². The van der Waals surface area contributed by atoms with Crippen LogP contribution in [0.1, 0.15) is 36.8 Å². The Bertz CT molecular complexity index is 1350. The lowest BCUT2D eigenvalue weighted by Crippen LogP contribution is -2.12. The van der Waals surface area contributed by atoms with Crippen molar-refractivity contribution in [3.63, 3.8) is 0 Å². The smallest absolute Gasteiger partial charge is 0.170 e. The molecule has 9 nitrogen and oxygen atoms in total. The lowest BCUT2D eigenvalue weighted by Gasteiger charge is -2.21. The van der Waals surface area contributed by atoms with Crippen LogP contribution in [0.4, 0.5) is 10.2 Å². The number of nitrogens with one attached hydrogen (secondary N) is 1. The number of aromatic nitrogens is 6. The normalized spacial score (nSPS) is 14.8. The van der Waals surface area contributed by atoms with E-state index in [9.17, 15) is 4.39 Å². The average molecular weight is 464 g/mol. The van der Waals surface area contributed by atoms with Crippen LogP contribution in [0.3, 0.4) is 0 Å². The van der Waals surface area contributed by atoms with E-state index in [4.69, 9.17) is 9.47 Å². The van der Waals surface area contributed by atoms with Crippen LogP contribution in [0.5, 0.6) is 5.75 Å². The summed E-state index contributed by atoms with van der Waals surface area (Å²) in [6.07, 6.45) is 3.67. The van der Waals surface area contributed by atoms with Crippen molar-refractivity contribution in [2.45, 2.75) is 32.9 Å². The molecule has 0 amide bonds. The molecular formula is C24H26FN7O2. The molecule has 34 heavy (non-hydrogen) atoms. The van der Waals surface area contributed by atoms with Crippen molar-refractivity contribution in [3.05, 3.63) is 59.3 Å². The summed E-state index contributed by atoms with van der Waals surface area (Å²) in [5, 5.41) is 17.0. The molecule has 3 aromatic heterocycles. The van der Waals surface area contributed by atoms with Gasteiger partial charge in [0.2, 0.25) is 0 Å². The van der Waals surface area contributed by atoms with Gasteiger partial charge >= 0.3 is 0 Å². The molecule has 4 aromatic rings. The topological polar surface area (TPSA) is 91.9 Å². The Hall–Kier alpha value is -3.79. The fourth-order valence-electron chi connectivity index (χ4n) is 4.36. The first kappa shape index (κ1) is 22.0. The van der Waals surface area contributed by atoms with Gasteiger partial charge in [-0.2, -0.15) is 20.1 Å². The Morgan fingerprint density at radius 2 is 2.09 bits per heavy atom. The van der Waals surface area contributed by atoms with Gasteiger partial charge in [0.15, 0.2) is 11.6 Å². The summed E-state index contributed by atoms with van der Waals surface area (Å²) in [5.41, 5.74) is 5.74. The number of fused-ring (bicyclic) bond motifs is 7. The molecule has 0 unspecified atom stereocenters. The van der Waals surface area contributed by atoms with E-state index in [-0.39, 0.29) is 12.5 Å². The molecule has 176 valence electrons. The standard InChI is InChI=1S/C24H26FN7O2/c1-5-32-23-15(12-28-32)8-20-22(30-31(3)29-20)18-7-6-17(25)10-19(18)14(2)34-21-9-16(23)11-26-24(21)27-13-33-4/h6-7,9-12,14H,5,8,13H2,1-4H3,(H,26,27)/t14-/m1/s1. The third-order valence-electron chi connectivity index (χ3n) is 5.88. The highest BCUT2D eigenvalue weighted by molar-refractivity contribution is 5.71. The van der Waals surface area contributed by atoms with Gasteiger partial charge in [-0.25, -0.2) is 9.37 Å². The molecule has 10 heteroatoms. The molecule has 0 saturated carbocycles. The second-order valence-electron chi connectivity index (χ2n) is 8.17. The summed E-state index contributed by atoms with van der Waals surface area (Å²) in [7, 11) is 3.38. The highest BCUT2D eigenvalue weighted by Crippen LogP contribution is 2.38. The number of nitrogens with zero attached hydrogens (tertiary/aromatic N) is 6. The van der Waals surface area contributed by atoms with Gasteiger partial charge in [0.05, 0.1) is 17.6 Å². The van der Waals surface area contributed by atoms with Crippen LogP contribution in [0.25, 0.3) is 22.5 Å². The number of hydrogen-bond acceptors (Lipinski definition) is 7. The first-order valence-corrected chi connectivity index (χ1v) is 11.1. The summed E-state index contributed by atoms with van der Waals surface area (Å²) in [5.74, 6) is 0.728. The summed E-state index contributed by atoms with van der Waals surface area (Å²) in [4.78, 5) is 6.16. The van der Waals surface area contributed by atoms with Gasteiger partial charge in [0.25, 0.3) is 0 Å². The summed E-state index contributed by atoms with van der Waals surface area (Å²) in [6, 6.07) is 6.60. The molecule has 0 fully saturated rings. The second-order valence-corrected chi connectivity index (χ2v) is 8.17. The molecular weight excluding hydrogens is 437 g/mol. The predicted molar refractivity (Wildman–Crippen MR) is 125 cm³/mol. The van der Waals surface area contributed by atoms with Crippen LogP contribution >= 0.6 is 0 Å². The highest BCUT2D eigenvalue weighted by atomic mass is 19.1. The van der Waals surface area contributed by atoms with Gasteiger partial charge in [-0.05, 0) is 38.1 Å². The Morgan fingerprint density at radius 1 is 1.24 bits per heavy atom. The molecule has 1 aliphatic heterocycles. The molecule has 0 spiro atoms. The molecule has 5 rings (SSSR count). The van der Waals surface area contributed by atoms with Gasteiger partial charge in [0.1, 0.15) is 24.3 Å². The zero-order valence-electron chi connectivity index (χ0n) is 19.5. The lowest BCUT2D eigenvalue weighted by atomic mass is 9.96. The number of halogens is 1. The van der Waals surface area contributed by atoms with E-state index >= 15 is 0 Å². The first-order valence-electron chi connectivity index (χ1n) is 11.1. The number of ether oxygens (including phenoxy) is 2. The van der Waals surface area contributed by atoms with Crippen LogP contribution in [0, 0.1) is 5.82 Å². The molecule has 2 bridgehead atoms. The molecule has 1 N–H and O–H groups in total. The number of hydrogen-bond donors (Lipinski definition) is 1. The minimum atomic E-state index is -0.490. The summed E-state index contributed by atoms with van der Waals surface area (Å²) in [6.45, 7) is 4.89. The average Bonchev–Trinajstić information content (AvgIpc) is 3.40. The number of methoxy groups -OCH3 is 1. The van der Waals surface area contributed by atoms with E-state index in [0.29, 0.717) is 35.8 Å². The molecule has 1 aromatic carbocycles. The van der Waals surface area contributed by atoms with Crippen molar-refractivity contribution in [2.24, 2.45) is 7.05 Å². The third-order valence-corrected chi connectivity index (χ3v) is 5.88. The SMILES string of the molecule is CCn1ncc2c1-c1cnc(NCOC)c(c1)O[C@H](C)c1cc(F)ccc1-c1nn(C)nc1C2. The molecule has 4 heterocycles. The van der Waals surface area contributed by atoms with Crippen LogP contribution < -0.4 is 10.1 Å². The maximum Gasteiger partial charge on any atom is 0.170 e. The minimum absolute atomic E-state index is 0.267. The monoisotopic (exact) mass is 463 g/mol. The zero-order chi connectivity index (χ0) is 23.8. The number of pyridine rings is 1. The molecule has 0 saturated heterocycles. The summed E-state index contributed by atoms with van der Waals surface area (Å²) < 4.78 is 27.9. The van der Waals surface area contributed by atoms with Gasteiger partial charge in [-0.1, -0.05) is 0 Å². The Balaban J connectivity index is 1.76. The van der Waals surface area contributed by atoms with Crippen LogP contribution in [-0.4, -0.2) is 43.6 Å². The Kier molecular flexibility index (Phi) is 5.74. The van der Waals surface area contributed by atoms with E-state index in [2.05, 4.69) is 25.6 Å². The van der Waals surface area contributed by atoms with E-state index < -0.39 is 6.10 Å².